The number of fused-ring (bicyclic) bond motifs is 1. The van der Waals surface area contributed by atoms with E-state index in [1.165, 1.54) is 43.0 Å². The van der Waals surface area contributed by atoms with Crippen LogP contribution in [0.5, 0.6) is 5.75 Å². The van der Waals surface area contributed by atoms with Crippen LogP contribution in [0.4, 0.5) is 22.0 Å². The van der Waals surface area contributed by atoms with Gasteiger partial charge in [0.15, 0.2) is 0 Å². The second kappa shape index (κ2) is 12.8. The van der Waals surface area contributed by atoms with Crippen molar-refractivity contribution >= 4 is 11.8 Å². The number of alkyl halides is 5. The number of halogens is 5. The van der Waals surface area contributed by atoms with Gasteiger partial charge in [-0.25, -0.2) is 0 Å². The van der Waals surface area contributed by atoms with Gasteiger partial charge < -0.3 is 4.74 Å². The van der Waals surface area contributed by atoms with Gasteiger partial charge in [-0.2, -0.15) is 33.7 Å². The van der Waals surface area contributed by atoms with E-state index in [0.717, 1.165) is 50.0 Å². The maximum atomic E-state index is 12.8. The average Bonchev–Trinajstić information content (AvgIpc) is 2.70. The van der Waals surface area contributed by atoms with E-state index < -0.39 is 18.5 Å². The van der Waals surface area contributed by atoms with Crippen LogP contribution in [0, 0.1) is 0 Å². The summed E-state index contributed by atoms with van der Waals surface area (Å²) in [6.45, 7) is 0. The summed E-state index contributed by atoms with van der Waals surface area (Å²) >= 11 is 1.47. The summed E-state index contributed by atoms with van der Waals surface area (Å²) in [5, 5.41) is 0. The first kappa shape index (κ1) is 25.3. The Bertz CT molecular complexity index is 606. The average molecular weight is 453 g/mol. The van der Waals surface area contributed by atoms with E-state index in [-0.39, 0.29) is 6.42 Å². The van der Waals surface area contributed by atoms with Gasteiger partial charge in [-0.3, -0.25) is 0 Å². The van der Waals surface area contributed by atoms with Crippen molar-refractivity contribution in [2.45, 2.75) is 95.3 Å². The Balaban J connectivity index is 1.36. The molecular weight excluding hydrogens is 419 g/mol. The van der Waals surface area contributed by atoms with Crippen LogP contribution in [0.25, 0.3) is 0 Å². The smallest absolute Gasteiger partial charge is 0.453 e. The zero-order valence-corrected chi connectivity index (χ0v) is 18.3. The van der Waals surface area contributed by atoms with Crippen molar-refractivity contribution in [3.05, 3.63) is 29.8 Å². The molecule has 0 N–H and O–H groups in total. The SMILES string of the molecule is FC(F)(F)C(F)(F)CCCSCCCCCCCCCC1CCc2ccccc2O1. The van der Waals surface area contributed by atoms with Gasteiger partial charge in [0.2, 0.25) is 0 Å². The molecule has 1 aliphatic rings. The molecule has 0 spiro atoms. The second-order valence-electron chi connectivity index (χ2n) is 8.07. The van der Waals surface area contributed by atoms with Crippen LogP contribution in [0.3, 0.4) is 0 Å². The molecule has 0 radical (unpaired) electrons. The van der Waals surface area contributed by atoms with E-state index in [0.29, 0.717) is 11.9 Å². The molecule has 0 fully saturated rings. The Morgan fingerprint density at radius 2 is 1.47 bits per heavy atom. The summed E-state index contributed by atoms with van der Waals surface area (Å²) in [5.74, 6) is -2.32. The number of thioether (sulfide) groups is 1. The quantitative estimate of drug-likeness (QED) is 0.208. The van der Waals surface area contributed by atoms with Crippen LogP contribution in [-0.4, -0.2) is 29.7 Å². The van der Waals surface area contributed by atoms with Gasteiger partial charge in [0.25, 0.3) is 0 Å². The van der Waals surface area contributed by atoms with Crippen LogP contribution in [0.15, 0.2) is 24.3 Å². The molecule has 0 saturated heterocycles. The van der Waals surface area contributed by atoms with Crippen molar-refractivity contribution in [3.8, 4) is 5.75 Å². The van der Waals surface area contributed by atoms with E-state index in [1.807, 2.05) is 6.07 Å². The minimum Gasteiger partial charge on any atom is -0.490 e. The highest BCUT2D eigenvalue weighted by Crippen LogP contribution is 2.39. The summed E-state index contributed by atoms with van der Waals surface area (Å²) in [7, 11) is 0. The number of hydrogen-bond donors (Lipinski definition) is 0. The zero-order valence-electron chi connectivity index (χ0n) is 17.5. The van der Waals surface area contributed by atoms with Gasteiger partial charge in [-0.1, -0.05) is 50.3 Å². The minimum atomic E-state index is -5.42. The maximum absolute atomic E-state index is 12.8. The second-order valence-corrected chi connectivity index (χ2v) is 9.29. The number of rotatable bonds is 14. The van der Waals surface area contributed by atoms with E-state index in [9.17, 15) is 22.0 Å². The molecule has 0 amide bonds. The molecule has 1 aromatic carbocycles. The molecule has 1 aromatic rings. The summed E-state index contributed by atoms with van der Waals surface area (Å²) in [5.41, 5.74) is 1.31. The Morgan fingerprint density at radius 1 is 0.833 bits per heavy atom. The standard InChI is InChI=1S/C23H33F5OS/c24-22(25,23(26,27)28)16-10-18-30-17-9-5-3-1-2-4-6-12-20-15-14-19-11-7-8-13-21(19)29-20/h7-8,11,13,20H,1-6,9-10,12,14-18H2. The van der Waals surface area contributed by atoms with E-state index in [4.69, 9.17) is 4.74 Å². The third-order valence-corrected chi connectivity index (χ3v) is 6.67. The van der Waals surface area contributed by atoms with Gasteiger partial charge in [-0.15, -0.1) is 0 Å². The Morgan fingerprint density at radius 3 is 2.20 bits per heavy atom. The lowest BCUT2D eigenvalue weighted by Gasteiger charge is -2.26. The molecule has 1 unspecified atom stereocenters. The first-order valence-electron chi connectivity index (χ1n) is 11.1. The first-order valence-corrected chi connectivity index (χ1v) is 12.2. The number of hydrogen-bond acceptors (Lipinski definition) is 2. The van der Waals surface area contributed by atoms with Crippen molar-refractivity contribution in [2.75, 3.05) is 11.5 Å². The molecule has 0 saturated carbocycles. The lowest BCUT2D eigenvalue weighted by atomic mass is 9.98. The van der Waals surface area contributed by atoms with E-state index >= 15 is 0 Å². The molecule has 0 bridgehead atoms. The molecule has 2 rings (SSSR count). The highest BCUT2D eigenvalue weighted by Gasteiger charge is 2.56. The third kappa shape index (κ3) is 9.03. The third-order valence-electron chi connectivity index (χ3n) is 5.51. The van der Waals surface area contributed by atoms with E-state index in [2.05, 4.69) is 18.2 Å². The number of aryl methyl sites for hydroxylation is 1. The van der Waals surface area contributed by atoms with Gasteiger partial charge in [-0.05, 0) is 61.7 Å². The number of benzene rings is 1. The molecule has 30 heavy (non-hydrogen) atoms. The molecule has 0 aliphatic carbocycles. The van der Waals surface area contributed by atoms with Crippen molar-refractivity contribution in [1.29, 1.82) is 0 Å². The van der Waals surface area contributed by atoms with Gasteiger partial charge >= 0.3 is 12.1 Å². The maximum Gasteiger partial charge on any atom is 0.453 e. The zero-order chi connectivity index (χ0) is 21.9. The minimum absolute atomic E-state index is 0.104. The van der Waals surface area contributed by atoms with Crippen LogP contribution in [0.2, 0.25) is 0 Å². The lowest BCUT2D eigenvalue weighted by Crippen LogP contribution is -2.36. The summed E-state index contributed by atoms with van der Waals surface area (Å²) in [4.78, 5) is 0. The van der Waals surface area contributed by atoms with E-state index in [1.54, 1.807) is 0 Å². The lowest BCUT2D eigenvalue weighted by molar-refractivity contribution is -0.284. The summed E-state index contributed by atoms with van der Waals surface area (Å²) in [6.07, 6.45) is 5.05. The fourth-order valence-corrected chi connectivity index (χ4v) is 4.64. The van der Waals surface area contributed by atoms with Crippen molar-refractivity contribution in [1.82, 2.24) is 0 Å². The van der Waals surface area contributed by atoms with Crippen LogP contribution >= 0.6 is 11.8 Å². The van der Waals surface area contributed by atoms with Gasteiger partial charge in [0, 0.05) is 6.42 Å². The molecule has 1 nitrogen and oxygen atoms in total. The topological polar surface area (TPSA) is 9.23 Å². The number of unbranched alkanes of at least 4 members (excludes halogenated alkanes) is 6. The highest BCUT2D eigenvalue weighted by atomic mass is 32.2. The van der Waals surface area contributed by atoms with Crippen molar-refractivity contribution in [2.24, 2.45) is 0 Å². The first-order chi connectivity index (χ1) is 14.3. The summed E-state index contributed by atoms with van der Waals surface area (Å²) < 4.78 is 67.7. The molecule has 172 valence electrons. The fraction of sp³-hybridized carbons (Fsp3) is 0.739. The molecule has 0 aromatic heterocycles. The van der Waals surface area contributed by atoms with Crippen molar-refractivity contribution in [3.63, 3.8) is 0 Å². The molecule has 1 aliphatic heterocycles. The Kier molecular flexibility index (Phi) is 10.8. The predicted molar refractivity (Wildman–Crippen MR) is 114 cm³/mol. The highest BCUT2D eigenvalue weighted by molar-refractivity contribution is 7.99. The molecule has 7 heteroatoms. The van der Waals surface area contributed by atoms with Crippen molar-refractivity contribution < 1.29 is 26.7 Å². The summed E-state index contributed by atoms with van der Waals surface area (Å²) in [6, 6.07) is 8.27. The van der Waals surface area contributed by atoms with Gasteiger partial charge in [0.1, 0.15) is 5.75 Å². The van der Waals surface area contributed by atoms with Crippen LogP contribution in [-0.2, 0) is 6.42 Å². The fourth-order valence-electron chi connectivity index (χ4n) is 3.68. The van der Waals surface area contributed by atoms with Gasteiger partial charge in [0.05, 0.1) is 6.10 Å². The van der Waals surface area contributed by atoms with Crippen LogP contribution in [0.1, 0.15) is 76.2 Å². The monoisotopic (exact) mass is 452 g/mol. The number of para-hydroxylation sites is 1. The molecule has 1 atom stereocenters. The van der Waals surface area contributed by atoms with Crippen LogP contribution < -0.4 is 4.74 Å². The normalized spacial score (nSPS) is 16.9. The number of ether oxygens (including phenoxy) is 1. The predicted octanol–water partition coefficient (Wildman–Crippen LogP) is 8.21. The molecular formula is C23H33F5OS. The Hall–Kier alpha value is -0.980. The molecule has 1 heterocycles. The Labute approximate surface area is 181 Å². The largest absolute Gasteiger partial charge is 0.490 e.